The molecule has 0 amide bonds. The minimum Gasteiger partial charge on any atom is -0.378 e. The lowest BCUT2D eigenvalue weighted by atomic mass is 9.94. The lowest BCUT2D eigenvalue weighted by molar-refractivity contribution is 0.715. The molecule has 3 rings (SSSR count). The van der Waals surface area contributed by atoms with Gasteiger partial charge in [-0.15, -0.1) is 0 Å². The quantitative estimate of drug-likeness (QED) is 0.498. The van der Waals surface area contributed by atoms with Crippen LogP contribution in [-0.2, 0) is 0 Å². The van der Waals surface area contributed by atoms with Crippen LogP contribution in [0.25, 0.3) is 0 Å². The zero-order valence-corrected chi connectivity index (χ0v) is 21.6. The van der Waals surface area contributed by atoms with E-state index in [0.717, 1.165) is 0 Å². The first-order valence-electron chi connectivity index (χ1n) is 10.7. The third kappa shape index (κ3) is 4.82. The van der Waals surface area contributed by atoms with Crippen LogP contribution in [0, 0.1) is 0 Å². The Balaban J connectivity index is 1.91. The van der Waals surface area contributed by atoms with Gasteiger partial charge in [0.1, 0.15) is 0 Å². The molecule has 2 aromatic carbocycles. The fourth-order valence-corrected chi connectivity index (χ4v) is 8.37. The maximum absolute atomic E-state index is 2.46. The average Bonchev–Trinajstić information content (AvgIpc) is 2.91. The Bertz CT molecular complexity index is 889. The van der Waals surface area contributed by atoms with Gasteiger partial charge in [-0.3, -0.25) is 0 Å². The minimum atomic E-state index is -0.383. The zero-order valence-electron chi connectivity index (χ0n) is 19.8. The first-order valence-corrected chi connectivity index (χ1v) is 13.1. The Morgan fingerprint density at radius 2 is 1.20 bits per heavy atom. The molecule has 0 spiro atoms. The lowest BCUT2D eigenvalue weighted by Gasteiger charge is -2.28. The molecule has 0 aromatic heterocycles. The van der Waals surface area contributed by atoms with E-state index < -0.39 is 0 Å². The Morgan fingerprint density at radius 3 is 1.53 bits per heavy atom. The summed E-state index contributed by atoms with van der Waals surface area (Å²) in [6.45, 7) is 9.40. The fraction of sp³-hybridized carbons (Fsp3) is 0.423. The smallest absolute Gasteiger partial charge is 0.0361 e. The van der Waals surface area contributed by atoms with Gasteiger partial charge in [0.15, 0.2) is 0 Å². The summed E-state index contributed by atoms with van der Waals surface area (Å²) < 4.78 is 0. The van der Waals surface area contributed by atoms with Gasteiger partial charge in [-0.05, 0) is 93.9 Å². The SMILES string of the molecule is CC1=PC(C)(CCP(c2ccc(N(C)C)cc2)c2ccc(N(C)C)cc2)C(C)=C1C. The second-order valence-corrected chi connectivity index (χ2v) is 13.2. The van der Waals surface area contributed by atoms with Gasteiger partial charge in [-0.2, -0.15) is 0 Å². The summed E-state index contributed by atoms with van der Waals surface area (Å²) in [6.07, 6.45) is 2.45. The van der Waals surface area contributed by atoms with Crippen LogP contribution >= 0.6 is 16.1 Å². The molecule has 160 valence electrons. The van der Waals surface area contributed by atoms with Crippen LogP contribution in [0.3, 0.4) is 0 Å². The second-order valence-electron chi connectivity index (χ2n) is 8.94. The monoisotopic (exact) mass is 438 g/mol. The Kier molecular flexibility index (Phi) is 7.11. The van der Waals surface area contributed by atoms with Gasteiger partial charge in [-0.25, -0.2) is 0 Å². The Labute approximate surface area is 186 Å². The summed E-state index contributed by atoms with van der Waals surface area (Å²) in [6, 6.07) is 18.5. The van der Waals surface area contributed by atoms with E-state index in [1.807, 2.05) is 0 Å². The Hall–Kier alpha value is -1.62. The zero-order chi connectivity index (χ0) is 22.1. The van der Waals surface area contributed by atoms with E-state index in [2.05, 4.69) is 114 Å². The predicted molar refractivity (Wildman–Crippen MR) is 142 cm³/mol. The van der Waals surface area contributed by atoms with Gasteiger partial charge in [0.25, 0.3) is 0 Å². The van der Waals surface area contributed by atoms with Crippen LogP contribution in [0.5, 0.6) is 0 Å². The predicted octanol–water partition coefficient (Wildman–Crippen LogP) is 5.89. The van der Waals surface area contributed by atoms with Gasteiger partial charge in [-0.1, -0.05) is 38.0 Å². The molecule has 0 bridgehead atoms. The molecule has 0 saturated carbocycles. The molecule has 2 nitrogen and oxygen atoms in total. The van der Waals surface area contributed by atoms with Gasteiger partial charge in [0.05, 0.1) is 0 Å². The molecular weight excluding hydrogens is 402 g/mol. The van der Waals surface area contributed by atoms with Gasteiger partial charge < -0.3 is 9.80 Å². The van der Waals surface area contributed by atoms with E-state index in [9.17, 15) is 0 Å². The maximum Gasteiger partial charge on any atom is 0.0361 e. The fourth-order valence-electron chi connectivity index (χ4n) is 4.05. The highest BCUT2D eigenvalue weighted by atomic mass is 31.1. The van der Waals surface area contributed by atoms with Crippen LogP contribution in [0.2, 0.25) is 0 Å². The molecule has 0 radical (unpaired) electrons. The molecule has 1 aliphatic heterocycles. The van der Waals surface area contributed by atoms with Crippen molar-refractivity contribution >= 4 is 43.4 Å². The number of nitrogens with zero attached hydrogens (tertiary/aromatic N) is 2. The molecular formula is C26H36N2P2. The largest absolute Gasteiger partial charge is 0.378 e. The van der Waals surface area contributed by atoms with E-state index in [1.165, 1.54) is 48.3 Å². The highest BCUT2D eigenvalue weighted by Crippen LogP contribution is 2.47. The van der Waals surface area contributed by atoms with E-state index >= 15 is 0 Å². The number of allylic oxidation sites excluding steroid dienone is 2. The number of anilines is 2. The summed E-state index contributed by atoms with van der Waals surface area (Å²) in [7, 11) is 9.54. The molecule has 2 aromatic rings. The highest BCUT2D eigenvalue weighted by molar-refractivity contribution is 7.73. The topological polar surface area (TPSA) is 6.48 Å². The molecule has 1 aliphatic rings. The first kappa shape index (κ1) is 23.1. The molecule has 30 heavy (non-hydrogen) atoms. The van der Waals surface area contributed by atoms with Crippen LogP contribution in [0.15, 0.2) is 59.7 Å². The van der Waals surface area contributed by atoms with E-state index in [-0.39, 0.29) is 13.1 Å². The first-order chi connectivity index (χ1) is 14.1. The summed E-state index contributed by atoms with van der Waals surface area (Å²) in [4.78, 5) is 4.35. The normalized spacial score (nSPS) is 19.3. The maximum atomic E-state index is 2.46. The van der Waals surface area contributed by atoms with Crippen LogP contribution in [0.4, 0.5) is 11.4 Å². The van der Waals surface area contributed by atoms with Crippen molar-refractivity contribution in [2.75, 3.05) is 44.2 Å². The van der Waals surface area contributed by atoms with Gasteiger partial charge in [0.2, 0.25) is 0 Å². The van der Waals surface area contributed by atoms with E-state index in [0.29, 0.717) is 0 Å². The van der Waals surface area contributed by atoms with Crippen molar-refractivity contribution in [3.63, 3.8) is 0 Å². The molecule has 0 fully saturated rings. The summed E-state index contributed by atoms with van der Waals surface area (Å²) in [5.41, 5.74) is 5.63. The number of benzene rings is 2. The second kappa shape index (κ2) is 9.25. The molecule has 1 atom stereocenters. The van der Waals surface area contributed by atoms with Crippen molar-refractivity contribution in [3.8, 4) is 0 Å². The van der Waals surface area contributed by atoms with E-state index in [4.69, 9.17) is 0 Å². The van der Waals surface area contributed by atoms with Crippen LogP contribution < -0.4 is 20.4 Å². The van der Waals surface area contributed by atoms with Gasteiger partial charge in [0, 0.05) is 44.7 Å². The molecule has 1 unspecified atom stereocenters. The number of rotatable bonds is 7. The molecule has 0 aliphatic carbocycles. The number of hydrogen-bond acceptors (Lipinski definition) is 2. The summed E-state index contributed by atoms with van der Waals surface area (Å²) >= 11 is 0. The van der Waals surface area contributed by atoms with Crippen molar-refractivity contribution in [3.05, 3.63) is 59.7 Å². The standard InChI is InChI=1S/C26H36N2P2/c1-19-20(2)26(4,29-21(19)3)17-18-30(24-13-9-22(10-14-24)27(5)6)25-15-11-23(12-16-25)28(7)8/h9-16H,17-18H2,1-8H3. The third-order valence-electron chi connectivity index (χ3n) is 6.51. The van der Waals surface area contributed by atoms with Crippen molar-refractivity contribution in [2.24, 2.45) is 0 Å². The molecule has 0 saturated heterocycles. The molecule has 0 N–H and O–H groups in total. The van der Waals surface area contributed by atoms with E-state index in [1.54, 1.807) is 10.9 Å². The number of hydrogen-bond donors (Lipinski definition) is 0. The summed E-state index contributed by atoms with van der Waals surface area (Å²) in [5, 5.41) is 4.78. The molecule has 1 heterocycles. The summed E-state index contributed by atoms with van der Waals surface area (Å²) in [5.74, 6) is 0. The van der Waals surface area contributed by atoms with Gasteiger partial charge >= 0.3 is 0 Å². The third-order valence-corrected chi connectivity index (χ3v) is 10.7. The lowest BCUT2D eigenvalue weighted by Crippen LogP contribution is -2.23. The van der Waals surface area contributed by atoms with Crippen LogP contribution in [0.1, 0.15) is 34.1 Å². The molecule has 4 heteroatoms. The Morgan fingerprint density at radius 1 is 0.767 bits per heavy atom. The van der Waals surface area contributed by atoms with Crippen molar-refractivity contribution in [1.82, 2.24) is 0 Å². The minimum absolute atomic E-state index is 0.280. The van der Waals surface area contributed by atoms with Crippen molar-refractivity contribution in [1.29, 1.82) is 0 Å². The highest BCUT2D eigenvalue weighted by Gasteiger charge is 2.32. The van der Waals surface area contributed by atoms with Crippen molar-refractivity contribution in [2.45, 2.75) is 39.3 Å². The average molecular weight is 439 g/mol. The van der Waals surface area contributed by atoms with Crippen molar-refractivity contribution < 1.29 is 0 Å². The van der Waals surface area contributed by atoms with Crippen LogP contribution in [-0.4, -0.2) is 44.8 Å².